The maximum Gasteiger partial charge on any atom is 0.259 e. The van der Waals surface area contributed by atoms with Gasteiger partial charge in [-0.25, -0.2) is 9.07 Å². The average Bonchev–Trinajstić information content (AvgIpc) is 3.03. The fourth-order valence-corrected chi connectivity index (χ4v) is 3.10. The van der Waals surface area contributed by atoms with Crippen molar-refractivity contribution in [1.82, 2.24) is 15.1 Å². The number of ether oxygens (including phenoxy) is 2. The summed E-state index contributed by atoms with van der Waals surface area (Å²) in [4.78, 5) is 13.0. The van der Waals surface area contributed by atoms with E-state index in [2.05, 4.69) is 10.4 Å². The number of aliphatic hydroxyl groups is 1. The van der Waals surface area contributed by atoms with Crippen LogP contribution in [0.25, 0.3) is 0 Å². The topological polar surface area (TPSA) is 85.6 Å². The van der Waals surface area contributed by atoms with E-state index in [1.54, 1.807) is 14.0 Å². The van der Waals surface area contributed by atoms with Gasteiger partial charge in [0.25, 0.3) is 5.91 Å². The highest BCUT2D eigenvalue weighted by Gasteiger charge is 2.25. The van der Waals surface area contributed by atoms with Crippen molar-refractivity contribution in [3.8, 4) is 11.6 Å². The highest BCUT2D eigenvalue weighted by atomic mass is 19.2. The molecule has 0 aliphatic heterocycles. The van der Waals surface area contributed by atoms with Crippen LogP contribution in [0.15, 0.2) is 42.5 Å². The molecule has 1 amide bonds. The Hall–Kier alpha value is -3.30. The summed E-state index contributed by atoms with van der Waals surface area (Å²) in [5.41, 5.74) is 2.25. The zero-order valence-electron chi connectivity index (χ0n) is 17.4. The van der Waals surface area contributed by atoms with Crippen LogP contribution in [0.2, 0.25) is 0 Å². The van der Waals surface area contributed by atoms with E-state index in [1.165, 1.54) is 16.8 Å². The van der Waals surface area contributed by atoms with Crippen molar-refractivity contribution in [1.29, 1.82) is 0 Å². The number of carbonyl (C=O) groups excluding carboxylic acids is 1. The zero-order valence-corrected chi connectivity index (χ0v) is 17.4. The van der Waals surface area contributed by atoms with Crippen LogP contribution >= 0.6 is 0 Å². The highest BCUT2D eigenvalue weighted by molar-refractivity contribution is 5.98. The van der Waals surface area contributed by atoms with Gasteiger partial charge in [0, 0.05) is 7.05 Å². The van der Waals surface area contributed by atoms with Crippen molar-refractivity contribution in [2.75, 3.05) is 6.79 Å². The Bertz CT molecular complexity index is 1070. The molecular weight excluding hydrogens is 408 g/mol. The Morgan fingerprint density at radius 1 is 1.23 bits per heavy atom. The van der Waals surface area contributed by atoms with E-state index in [1.807, 2.05) is 31.2 Å². The molecule has 0 bridgehead atoms. The number of amides is 1. The summed E-state index contributed by atoms with van der Waals surface area (Å²) >= 11 is 0. The van der Waals surface area contributed by atoms with E-state index in [-0.39, 0.29) is 36.6 Å². The number of rotatable bonds is 8. The van der Waals surface area contributed by atoms with Gasteiger partial charge in [0.1, 0.15) is 12.4 Å². The lowest BCUT2D eigenvalue weighted by Gasteiger charge is -2.16. The third kappa shape index (κ3) is 5.07. The first kappa shape index (κ1) is 22.4. The van der Waals surface area contributed by atoms with Crippen molar-refractivity contribution in [3.05, 3.63) is 76.5 Å². The van der Waals surface area contributed by atoms with Crippen molar-refractivity contribution in [2.24, 2.45) is 7.05 Å². The minimum Gasteiger partial charge on any atom is -0.435 e. The first-order valence-electron chi connectivity index (χ1n) is 9.55. The molecule has 7 nitrogen and oxygen atoms in total. The molecular formula is C22H23F2N3O4. The summed E-state index contributed by atoms with van der Waals surface area (Å²) in [6.07, 6.45) is 0. The Kier molecular flexibility index (Phi) is 6.98. The number of halogens is 2. The average molecular weight is 431 g/mol. The largest absolute Gasteiger partial charge is 0.435 e. The van der Waals surface area contributed by atoms with Crippen LogP contribution in [-0.4, -0.2) is 27.6 Å². The van der Waals surface area contributed by atoms with Gasteiger partial charge in [0.15, 0.2) is 11.6 Å². The predicted molar refractivity (Wildman–Crippen MR) is 109 cm³/mol. The van der Waals surface area contributed by atoms with Crippen LogP contribution < -0.4 is 10.1 Å². The fourth-order valence-electron chi connectivity index (χ4n) is 3.10. The lowest BCUT2D eigenvalue weighted by Crippen LogP contribution is -2.27. The molecule has 31 heavy (non-hydrogen) atoms. The first-order chi connectivity index (χ1) is 14.8. The van der Waals surface area contributed by atoms with Gasteiger partial charge in [-0.3, -0.25) is 4.79 Å². The summed E-state index contributed by atoms with van der Waals surface area (Å²) in [5, 5.41) is 15.8. The third-order valence-electron chi connectivity index (χ3n) is 4.71. The van der Waals surface area contributed by atoms with Crippen LogP contribution in [0.4, 0.5) is 8.78 Å². The van der Waals surface area contributed by atoms with E-state index in [9.17, 15) is 13.6 Å². The van der Waals surface area contributed by atoms with Gasteiger partial charge < -0.3 is 19.9 Å². The molecule has 9 heteroatoms. The summed E-state index contributed by atoms with van der Waals surface area (Å²) < 4.78 is 39.3. The molecule has 0 radical (unpaired) electrons. The third-order valence-corrected chi connectivity index (χ3v) is 4.71. The van der Waals surface area contributed by atoms with Gasteiger partial charge in [0.05, 0.1) is 18.3 Å². The van der Waals surface area contributed by atoms with Crippen LogP contribution in [0.3, 0.4) is 0 Å². The van der Waals surface area contributed by atoms with E-state index in [0.717, 1.165) is 17.2 Å². The van der Waals surface area contributed by atoms with E-state index in [4.69, 9.17) is 14.6 Å². The molecule has 1 heterocycles. The van der Waals surface area contributed by atoms with Gasteiger partial charge in [-0.2, -0.15) is 9.49 Å². The molecule has 2 aromatic carbocycles. The van der Waals surface area contributed by atoms with Crippen LogP contribution in [0.5, 0.6) is 11.6 Å². The van der Waals surface area contributed by atoms with Crippen molar-refractivity contribution in [2.45, 2.75) is 26.5 Å². The maximum atomic E-state index is 14.0. The number of hydrogen-bond acceptors (Lipinski definition) is 5. The molecule has 1 aromatic heterocycles. The van der Waals surface area contributed by atoms with Crippen LogP contribution in [0, 0.1) is 18.6 Å². The van der Waals surface area contributed by atoms with Gasteiger partial charge in [-0.05, 0) is 37.1 Å². The molecule has 0 saturated carbocycles. The second-order valence-corrected chi connectivity index (χ2v) is 6.96. The Morgan fingerprint density at radius 2 is 1.94 bits per heavy atom. The molecule has 0 fully saturated rings. The minimum atomic E-state index is -1.15. The monoisotopic (exact) mass is 431 g/mol. The molecule has 0 spiro atoms. The molecule has 0 unspecified atom stereocenters. The summed E-state index contributed by atoms with van der Waals surface area (Å²) in [6, 6.07) is 10.6. The predicted octanol–water partition coefficient (Wildman–Crippen LogP) is 3.76. The van der Waals surface area contributed by atoms with Gasteiger partial charge in [0.2, 0.25) is 11.7 Å². The molecule has 1 atom stereocenters. The Balaban J connectivity index is 1.79. The molecule has 2 N–H and O–H groups in total. The number of carbonyl (C=O) groups is 1. The summed E-state index contributed by atoms with van der Waals surface area (Å²) in [7, 11) is 1.55. The number of aryl methyl sites for hydroxylation is 2. The van der Waals surface area contributed by atoms with Gasteiger partial charge >= 0.3 is 0 Å². The van der Waals surface area contributed by atoms with Crippen molar-refractivity contribution >= 4 is 5.91 Å². The molecule has 0 saturated heterocycles. The van der Waals surface area contributed by atoms with Gasteiger partial charge in [-0.15, -0.1) is 0 Å². The quantitative estimate of drug-likeness (QED) is 0.531. The molecule has 3 aromatic rings. The highest BCUT2D eigenvalue weighted by Crippen LogP contribution is 2.30. The van der Waals surface area contributed by atoms with Gasteiger partial charge in [-0.1, -0.05) is 30.3 Å². The summed E-state index contributed by atoms with van der Waals surface area (Å²) in [5.74, 6) is -3.00. The zero-order chi connectivity index (χ0) is 22.5. The second kappa shape index (κ2) is 9.67. The maximum absolute atomic E-state index is 14.0. The SMILES string of the molecule is Cc1nn(C)c(Oc2cccc(F)c2F)c1C(=O)N[C@@H](C)c1ccc(COCO)cc1. The molecule has 164 valence electrons. The fraction of sp³-hybridized carbons (Fsp3) is 0.273. The summed E-state index contributed by atoms with van der Waals surface area (Å²) in [6.45, 7) is 3.37. The Labute approximate surface area is 178 Å². The van der Waals surface area contributed by atoms with Crippen molar-refractivity contribution < 1.29 is 28.2 Å². The number of nitrogens with zero attached hydrogens (tertiary/aromatic N) is 2. The number of nitrogens with one attached hydrogen (secondary N) is 1. The van der Waals surface area contributed by atoms with E-state index >= 15 is 0 Å². The van der Waals surface area contributed by atoms with Crippen LogP contribution in [0.1, 0.15) is 40.1 Å². The van der Waals surface area contributed by atoms with Crippen molar-refractivity contribution in [3.63, 3.8) is 0 Å². The number of hydrogen-bond donors (Lipinski definition) is 2. The first-order valence-corrected chi connectivity index (χ1v) is 9.55. The second-order valence-electron chi connectivity index (χ2n) is 6.96. The number of aliphatic hydroxyl groups excluding tert-OH is 1. The lowest BCUT2D eigenvalue weighted by atomic mass is 10.1. The number of benzene rings is 2. The standard InChI is InChI=1S/C22H23F2N3O4/c1-13(16-9-7-15(8-10-16)11-30-12-28)25-21(29)19-14(2)26-27(3)22(19)31-18-6-4-5-17(23)20(18)24/h4-10,13,28H,11-12H2,1-3H3,(H,25,29)/t13-/m0/s1. The van der Waals surface area contributed by atoms with Crippen LogP contribution in [-0.2, 0) is 18.4 Å². The normalized spacial score (nSPS) is 11.9. The molecule has 3 rings (SSSR count). The Morgan fingerprint density at radius 3 is 2.61 bits per heavy atom. The van der Waals surface area contributed by atoms with E-state index in [0.29, 0.717) is 5.69 Å². The number of aromatic nitrogens is 2. The minimum absolute atomic E-state index is 0.00296. The molecule has 0 aliphatic carbocycles. The molecule has 0 aliphatic rings. The lowest BCUT2D eigenvalue weighted by molar-refractivity contribution is -0.0112. The van der Waals surface area contributed by atoms with E-state index < -0.39 is 17.5 Å². The smallest absolute Gasteiger partial charge is 0.259 e.